The molecule has 1 aromatic carbocycles. The highest BCUT2D eigenvalue weighted by atomic mass is 16.5. The first kappa shape index (κ1) is 11.8. The maximum absolute atomic E-state index is 11.1. The summed E-state index contributed by atoms with van der Waals surface area (Å²) in [6.45, 7) is 0.0254. The molecule has 1 aromatic heterocycles. The fourth-order valence-corrected chi connectivity index (χ4v) is 1.42. The summed E-state index contributed by atoms with van der Waals surface area (Å²) in [5.74, 6) is -0.610. The van der Waals surface area contributed by atoms with Crippen molar-refractivity contribution in [3.8, 4) is 5.75 Å². The normalized spacial score (nSPS) is 10.3. The lowest BCUT2D eigenvalue weighted by Gasteiger charge is -2.08. The molecular formula is C10H11N5O3. The van der Waals surface area contributed by atoms with E-state index in [1.54, 1.807) is 13.1 Å². The maximum Gasteiger partial charge on any atom is 0.341 e. The molecule has 0 saturated carbocycles. The molecule has 2 rings (SSSR count). The number of nitrogens with zero attached hydrogens (tertiary/aromatic N) is 4. The molecular weight excluding hydrogens is 238 g/mol. The van der Waals surface area contributed by atoms with Gasteiger partial charge in [-0.3, -0.25) is 0 Å². The summed E-state index contributed by atoms with van der Waals surface area (Å²) in [7, 11) is 1.62. The summed E-state index contributed by atoms with van der Waals surface area (Å²) >= 11 is 0. The lowest BCUT2D eigenvalue weighted by molar-refractivity contribution is 0.0693. The van der Waals surface area contributed by atoms with Crippen molar-refractivity contribution < 1.29 is 14.6 Å². The van der Waals surface area contributed by atoms with E-state index in [1.807, 2.05) is 0 Å². The lowest BCUT2D eigenvalue weighted by Crippen LogP contribution is -2.07. The highest BCUT2D eigenvalue weighted by Crippen LogP contribution is 2.24. The number of aryl methyl sites for hydroxylation is 1. The number of anilines is 1. The van der Waals surface area contributed by atoms with Crippen LogP contribution in [0.1, 0.15) is 16.2 Å². The molecule has 0 atom stereocenters. The Morgan fingerprint density at radius 3 is 2.94 bits per heavy atom. The number of rotatable bonds is 4. The van der Waals surface area contributed by atoms with Crippen LogP contribution in [0.25, 0.3) is 0 Å². The van der Waals surface area contributed by atoms with E-state index in [0.29, 0.717) is 5.82 Å². The van der Waals surface area contributed by atoms with Gasteiger partial charge in [-0.1, -0.05) is 6.07 Å². The number of carboxylic acids is 1. The van der Waals surface area contributed by atoms with Crippen LogP contribution in [0.3, 0.4) is 0 Å². The van der Waals surface area contributed by atoms with Gasteiger partial charge in [0.15, 0.2) is 6.61 Å². The highest BCUT2D eigenvalue weighted by molar-refractivity contribution is 5.96. The minimum atomic E-state index is -1.14. The van der Waals surface area contributed by atoms with Crippen LogP contribution in [-0.2, 0) is 13.7 Å². The lowest BCUT2D eigenvalue weighted by atomic mass is 10.1. The molecule has 1 heterocycles. The Balaban J connectivity index is 2.19. The second kappa shape index (κ2) is 4.70. The van der Waals surface area contributed by atoms with Crippen LogP contribution in [0.4, 0.5) is 5.69 Å². The average Bonchev–Trinajstić information content (AvgIpc) is 2.72. The fourth-order valence-electron chi connectivity index (χ4n) is 1.42. The molecule has 0 aliphatic heterocycles. The molecule has 0 spiro atoms. The smallest absolute Gasteiger partial charge is 0.341 e. The number of nitrogen functional groups attached to an aromatic ring is 1. The number of hydrogen-bond donors (Lipinski definition) is 2. The highest BCUT2D eigenvalue weighted by Gasteiger charge is 2.15. The third-order valence-corrected chi connectivity index (χ3v) is 2.18. The topological polar surface area (TPSA) is 116 Å². The van der Waals surface area contributed by atoms with E-state index in [-0.39, 0.29) is 23.6 Å². The van der Waals surface area contributed by atoms with Gasteiger partial charge in [0.05, 0.1) is 7.05 Å². The third kappa shape index (κ3) is 2.37. The first-order valence-electron chi connectivity index (χ1n) is 5.05. The summed E-state index contributed by atoms with van der Waals surface area (Å²) in [4.78, 5) is 12.3. The van der Waals surface area contributed by atoms with E-state index in [2.05, 4.69) is 15.4 Å². The molecule has 0 unspecified atom stereocenters. The fraction of sp³-hybridized carbons (Fsp3) is 0.200. The number of ether oxygens (including phenoxy) is 1. The standard InChI is InChI=1S/C10H11N5O3/c1-15-13-8(12-14-15)5-18-7-4-2-3-6(11)9(7)10(16)17/h2-4H,5,11H2,1H3,(H,16,17). The Kier molecular flexibility index (Phi) is 3.09. The third-order valence-electron chi connectivity index (χ3n) is 2.18. The molecule has 0 aliphatic rings. The van der Waals surface area contributed by atoms with Crippen molar-refractivity contribution in [1.29, 1.82) is 0 Å². The molecule has 94 valence electrons. The molecule has 0 fully saturated rings. The van der Waals surface area contributed by atoms with Gasteiger partial charge in [0.25, 0.3) is 0 Å². The average molecular weight is 249 g/mol. The molecule has 8 heteroatoms. The van der Waals surface area contributed by atoms with Gasteiger partial charge < -0.3 is 15.6 Å². The van der Waals surface area contributed by atoms with Gasteiger partial charge in [-0.15, -0.1) is 10.2 Å². The van der Waals surface area contributed by atoms with Crippen LogP contribution < -0.4 is 10.5 Å². The monoisotopic (exact) mass is 249 g/mol. The van der Waals surface area contributed by atoms with Crippen LogP contribution in [0.5, 0.6) is 5.75 Å². The van der Waals surface area contributed by atoms with E-state index in [1.165, 1.54) is 16.9 Å². The van der Waals surface area contributed by atoms with Gasteiger partial charge in [-0.2, -0.15) is 4.80 Å². The molecule has 2 aromatic rings. The van der Waals surface area contributed by atoms with Crippen LogP contribution in [0.2, 0.25) is 0 Å². The maximum atomic E-state index is 11.1. The van der Waals surface area contributed by atoms with Crippen molar-refractivity contribution in [3.05, 3.63) is 29.6 Å². The Bertz CT molecular complexity index is 581. The second-order valence-corrected chi connectivity index (χ2v) is 3.51. The number of aromatic carboxylic acids is 1. The number of hydrogen-bond acceptors (Lipinski definition) is 6. The zero-order valence-electron chi connectivity index (χ0n) is 9.57. The molecule has 0 amide bonds. The van der Waals surface area contributed by atoms with Crippen molar-refractivity contribution in [2.45, 2.75) is 6.61 Å². The van der Waals surface area contributed by atoms with Crippen LogP contribution >= 0.6 is 0 Å². The summed E-state index contributed by atoms with van der Waals surface area (Å²) in [5, 5.41) is 20.3. The number of carbonyl (C=O) groups is 1. The van der Waals surface area contributed by atoms with Gasteiger partial charge in [-0.05, 0) is 17.3 Å². The number of carboxylic acid groups (broad SMARTS) is 1. The Morgan fingerprint density at radius 1 is 1.56 bits per heavy atom. The Hall–Kier alpha value is -2.64. The first-order chi connectivity index (χ1) is 8.58. The van der Waals surface area contributed by atoms with E-state index in [9.17, 15) is 4.79 Å². The quantitative estimate of drug-likeness (QED) is 0.736. The first-order valence-corrected chi connectivity index (χ1v) is 5.05. The summed E-state index contributed by atoms with van der Waals surface area (Å²) in [6.07, 6.45) is 0. The Morgan fingerprint density at radius 2 is 2.33 bits per heavy atom. The molecule has 18 heavy (non-hydrogen) atoms. The number of nitrogens with two attached hydrogens (primary N) is 1. The van der Waals surface area contributed by atoms with Crippen molar-refractivity contribution in [3.63, 3.8) is 0 Å². The molecule has 8 nitrogen and oxygen atoms in total. The van der Waals surface area contributed by atoms with E-state index >= 15 is 0 Å². The van der Waals surface area contributed by atoms with Gasteiger partial charge in [0.1, 0.15) is 11.3 Å². The summed E-state index contributed by atoms with van der Waals surface area (Å²) in [5.41, 5.74) is 5.66. The molecule has 3 N–H and O–H groups in total. The van der Waals surface area contributed by atoms with E-state index in [0.717, 1.165) is 0 Å². The number of benzene rings is 1. The summed E-state index contributed by atoms with van der Waals surface area (Å²) < 4.78 is 5.34. The summed E-state index contributed by atoms with van der Waals surface area (Å²) in [6, 6.07) is 4.63. The van der Waals surface area contributed by atoms with Crippen molar-refractivity contribution >= 4 is 11.7 Å². The zero-order chi connectivity index (χ0) is 13.1. The van der Waals surface area contributed by atoms with Gasteiger partial charge in [0.2, 0.25) is 5.82 Å². The molecule has 0 bridgehead atoms. The second-order valence-electron chi connectivity index (χ2n) is 3.51. The van der Waals surface area contributed by atoms with E-state index < -0.39 is 5.97 Å². The van der Waals surface area contributed by atoms with Crippen molar-refractivity contribution in [1.82, 2.24) is 20.2 Å². The number of aromatic nitrogens is 4. The molecule has 0 saturated heterocycles. The van der Waals surface area contributed by atoms with Gasteiger partial charge in [-0.25, -0.2) is 4.79 Å². The zero-order valence-corrected chi connectivity index (χ0v) is 9.57. The predicted octanol–water partition coefficient (Wildman–Crippen LogP) is 0.0695. The minimum absolute atomic E-state index is 0.0254. The van der Waals surface area contributed by atoms with Gasteiger partial charge in [0, 0.05) is 5.69 Å². The van der Waals surface area contributed by atoms with Crippen LogP contribution in [0, 0.1) is 0 Å². The molecule has 0 aliphatic carbocycles. The van der Waals surface area contributed by atoms with Crippen molar-refractivity contribution in [2.75, 3.05) is 5.73 Å². The predicted molar refractivity (Wildman–Crippen MR) is 60.9 cm³/mol. The Labute approximate surface area is 102 Å². The SMILES string of the molecule is Cn1nnc(COc2cccc(N)c2C(=O)O)n1. The van der Waals surface area contributed by atoms with Crippen molar-refractivity contribution in [2.24, 2.45) is 7.05 Å². The largest absolute Gasteiger partial charge is 0.484 e. The molecule has 0 radical (unpaired) electrons. The number of tetrazole rings is 1. The van der Waals surface area contributed by atoms with Crippen LogP contribution in [-0.4, -0.2) is 31.3 Å². The van der Waals surface area contributed by atoms with Crippen LogP contribution in [0.15, 0.2) is 18.2 Å². The van der Waals surface area contributed by atoms with Gasteiger partial charge >= 0.3 is 5.97 Å². The van der Waals surface area contributed by atoms with E-state index in [4.69, 9.17) is 15.6 Å². The minimum Gasteiger partial charge on any atom is -0.484 e.